The molecule has 0 amide bonds. The minimum Gasteiger partial charge on any atom is -0.383 e. The molecular formula is C15H21ClN2O. The minimum atomic E-state index is 0.0811. The highest BCUT2D eigenvalue weighted by atomic mass is 35.5. The normalized spacial score (nSPS) is 23.6. The molecule has 104 valence electrons. The molecule has 1 aromatic heterocycles. The van der Waals surface area contributed by atoms with Crippen LogP contribution in [0.2, 0.25) is 5.02 Å². The van der Waals surface area contributed by atoms with Crippen molar-refractivity contribution >= 4 is 23.2 Å². The van der Waals surface area contributed by atoms with Crippen LogP contribution in [0.5, 0.6) is 0 Å². The molecule has 2 rings (SSSR count). The van der Waals surface area contributed by atoms with E-state index in [0.717, 1.165) is 31.6 Å². The van der Waals surface area contributed by atoms with E-state index >= 15 is 0 Å². The molecule has 1 aliphatic rings. The third-order valence-electron chi connectivity index (χ3n) is 4.24. The van der Waals surface area contributed by atoms with Gasteiger partial charge >= 0.3 is 0 Å². The van der Waals surface area contributed by atoms with Crippen molar-refractivity contribution in [1.82, 2.24) is 4.98 Å². The largest absolute Gasteiger partial charge is 0.383 e. The molecule has 1 aliphatic carbocycles. The Labute approximate surface area is 119 Å². The summed E-state index contributed by atoms with van der Waals surface area (Å²) in [6.45, 7) is 4.51. The number of ketones is 1. The van der Waals surface area contributed by atoms with Crippen molar-refractivity contribution in [2.45, 2.75) is 39.5 Å². The molecule has 0 atom stereocenters. The predicted molar refractivity (Wildman–Crippen MR) is 78.3 cm³/mol. The fourth-order valence-electron chi connectivity index (χ4n) is 2.92. The first-order valence-electron chi connectivity index (χ1n) is 6.94. The highest BCUT2D eigenvalue weighted by Crippen LogP contribution is 2.35. The van der Waals surface area contributed by atoms with Crippen molar-refractivity contribution in [2.75, 3.05) is 5.73 Å². The molecule has 19 heavy (non-hydrogen) atoms. The van der Waals surface area contributed by atoms with Gasteiger partial charge in [0.05, 0.1) is 10.6 Å². The number of pyridine rings is 1. The van der Waals surface area contributed by atoms with Crippen molar-refractivity contribution in [1.29, 1.82) is 0 Å². The number of nitrogen functional groups attached to an aromatic ring is 1. The highest BCUT2D eigenvalue weighted by molar-refractivity contribution is 6.31. The van der Waals surface area contributed by atoms with Gasteiger partial charge in [0, 0.05) is 12.1 Å². The van der Waals surface area contributed by atoms with Crippen LogP contribution in [-0.4, -0.2) is 10.8 Å². The third-order valence-corrected chi connectivity index (χ3v) is 4.44. The van der Waals surface area contributed by atoms with Gasteiger partial charge in [-0.1, -0.05) is 25.4 Å². The Morgan fingerprint density at radius 1 is 1.37 bits per heavy atom. The second kappa shape index (κ2) is 5.91. The lowest BCUT2D eigenvalue weighted by Crippen LogP contribution is -2.25. The van der Waals surface area contributed by atoms with Gasteiger partial charge in [0.2, 0.25) is 0 Å². The van der Waals surface area contributed by atoms with Crippen LogP contribution in [0.4, 0.5) is 5.82 Å². The fourth-order valence-corrected chi connectivity index (χ4v) is 3.07. The number of carbonyl (C=O) groups is 1. The molecule has 0 unspecified atom stereocenters. The van der Waals surface area contributed by atoms with Gasteiger partial charge in [-0.15, -0.1) is 0 Å². The lowest BCUT2D eigenvalue weighted by atomic mass is 9.75. The monoisotopic (exact) mass is 280 g/mol. The number of aromatic nitrogens is 1. The molecule has 3 nitrogen and oxygen atoms in total. The molecule has 1 saturated carbocycles. The summed E-state index contributed by atoms with van der Waals surface area (Å²) in [5.41, 5.74) is 6.27. The summed E-state index contributed by atoms with van der Waals surface area (Å²) in [6, 6.07) is 1.64. The Morgan fingerprint density at radius 2 is 2.00 bits per heavy atom. The van der Waals surface area contributed by atoms with E-state index in [1.54, 1.807) is 6.07 Å². The SMILES string of the molecule is CC(C)C1CCC(C(=O)c2cc(Cl)cnc2N)CC1. The van der Waals surface area contributed by atoms with Gasteiger partial charge in [-0.3, -0.25) is 4.79 Å². The maximum Gasteiger partial charge on any atom is 0.169 e. The molecule has 0 saturated heterocycles. The molecule has 0 spiro atoms. The first-order chi connectivity index (χ1) is 8.99. The zero-order valence-electron chi connectivity index (χ0n) is 11.5. The zero-order valence-corrected chi connectivity index (χ0v) is 12.3. The van der Waals surface area contributed by atoms with E-state index in [2.05, 4.69) is 18.8 Å². The summed E-state index contributed by atoms with van der Waals surface area (Å²) in [7, 11) is 0. The van der Waals surface area contributed by atoms with Crippen LogP contribution in [0.1, 0.15) is 49.9 Å². The topological polar surface area (TPSA) is 56.0 Å². The summed E-state index contributed by atoms with van der Waals surface area (Å²) >= 11 is 5.89. The van der Waals surface area contributed by atoms with E-state index in [1.165, 1.54) is 6.20 Å². The summed E-state index contributed by atoms with van der Waals surface area (Å²) < 4.78 is 0. The van der Waals surface area contributed by atoms with Crippen molar-refractivity contribution < 1.29 is 4.79 Å². The number of nitrogens with zero attached hydrogens (tertiary/aromatic N) is 1. The van der Waals surface area contributed by atoms with Crippen LogP contribution in [0.3, 0.4) is 0 Å². The number of hydrogen-bond donors (Lipinski definition) is 1. The fraction of sp³-hybridized carbons (Fsp3) is 0.600. The van der Waals surface area contributed by atoms with E-state index in [0.29, 0.717) is 22.3 Å². The predicted octanol–water partition coefficient (Wildman–Crippen LogP) is 3.96. The molecule has 0 aliphatic heterocycles. The number of nitrogens with two attached hydrogens (primary N) is 1. The number of Topliss-reactive ketones (excluding diaryl/α,β-unsaturated/α-hetero) is 1. The molecule has 0 bridgehead atoms. The quantitative estimate of drug-likeness (QED) is 0.853. The molecule has 1 heterocycles. The number of carbonyl (C=O) groups excluding carboxylic acids is 1. The summed E-state index contributed by atoms with van der Waals surface area (Å²) in [4.78, 5) is 16.4. The molecule has 1 fully saturated rings. The summed E-state index contributed by atoms with van der Waals surface area (Å²) in [5, 5.41) is 0.466. The number of halogens is 1. The molecule has 0 radical (unpaired) electrons. The maximum absolute atomic E-state index is 12.5. The van der Waals surface area contributed by atoms with E-state index < -0.39 is 0 Å². The van der Waals surface area contributed by atoms with Gasteiger partial charge in [-0.25, -0.2) is 4.98 Å². The van der Waals surface area contributed by atoms with E-state index in [1.807, 2.05) is 0 Å². The van der Waals surface area contributed by atoms with Crippen molar-refractivity contribution in [3.8, 4) is 0 Å². The summed E-state index contributed by atoms with van der Waals surface area (Å²) in [5.74, 6) is 1.93. The van der Waals surface area contributed by atoms with Gasteiger partial charge in [-0.05, 0) is 43.6 Å². The number of rotatable bonds is 3. The number of hydrogen-bond acceptors (Lipinski definition) is 3. The standard InChI is InChI=1S/C15H21ClN2O/c1-9(2)10-3-5-11(6-4-10)14(19)13-7-12(16)8-18-15(13)17/h7-11H,3-6H2,1-2H3,(H2,17,18). The molecule has 4 heteroatoms. The average molecular weight is 281 g/mol. The Hall–Kier alpha value is -1.09. The van der Waals surface area contributed by atoms with Gasteiger partial charge in [-0.2, -0.15) is 0 Å². The molecule has 1 aromatic rings. The van der Waals surface area contributed by atoms with Crippen LogP contribution in [0.25, 0.3) is 0 Å². The Kier molecular flexibility index (Phi) is 4.46. The van der Waals surface area contributed by atoms with Gasteiger partial charge in [0.25, 0.3) is 0 Å². The van der Waals surface area contributed by atoms with Crippen LogP contribution in [0, 0.1) is 17.8 Å². The smallest absolute Gasteiger partial charge is 0.169 e. The molecule has 2 N–H and O–H groups in total. The van der Waals surface area contributed by atoms with Crippen LogP contribution in [0.15, 0.2) is 12.3 Å². The van der Waals surface area contributed by atoms with Crippen LogP contribution in [-0.2, 0) is 0 Å². The Morgan fingerprint density at radius 3 is 2.58 bits per heavy atom. The van der Waals surface area contributed by atoms with Crippen LogP contribution >= 0.6 is 11.6 Å². The lowest BCUT2D eigenvalue weighted by Gasteiger charge is -2.30. The molecular weight excluding hydrogens is 260 g/mol. The van der Waals surface area contributed by atoms with E-state index in [-0.39, 0.29) is 11.7 Å². The number of anilines is 1. The van der Waals surface area contributed by atoms with Crippen molar-refractivity contribution in [3.05, 3.63) is 22.8 Å². The van der Waals surface area contributed by atoms with Gasteiger partial charge in [0.15, 0.2) is 5.78 Å². The first kappa shape index (κ1) is 14.3. The zero-order chi connectivity index (χ0) is 14.0. The van der Waals surface area contributed by atoms with Gasteiger partial charge in [0.1, 0.15) is 5.82 Å². The third kappa shape index (κ3) is 3.27. The Balaban J connectivity index is 2.07. The molecule has 0 aromatic carbocycles. The second-order valence-electron chi connectivity index (χ2n) is 5.81. The first-order valence-corrected chi connectivity index (χ1v) is 7.32. The Bertz CT molecular complexity index is 465. The summed E-state index contributed by atoms with van der Waals surface area (Å²) in [6.07, 6.45) is 5.63. The van der Waals surface area contributed by atoms with Crippen molar-refractivity contribution in [3.63, 3.8) is 0 Å². The average Bonchev–Trinajstić information content (AvgIpc) is 2.41. The van der Waals surface area contributed by atoms with Gasteiger partial charge < -0.3 is 5.73 Å². The van der Waals surface area contributed by atoms with Crippen molar-refractivity contribution in [2.24, 2.45) is 17.8 Å². The van der Waals surface area contributed by atoms with E-state index in [9.17, 15) is 4.79 Å². The maximum atomic E-state index is 12.5. The van der Waals surface area contributed by atoms with Crippen LogP contribution < -0.4 is 5.73 Å². The lowest BCUT2D eigenvalue weighted by molar-refractivity contribution is 0.0859. The highest BCUT2D eigenvalue weighted by Gasteiger charge is 2.29. The minimum absolute atomic E-state index is 0.0811. The van der Waals surface area contributed by atoms with E-state index in [4.69, 9.17) is 17.3 Å². The second-order valence-corrected chi connectivity index (χ2v) is 6.24.